The monoisotopic (exact) mass is 349 g/mol. The number of hydrogen-bond donors (Lipinski definition) is 2. The number of nitrogens with one attached hydrogen (secondary N) is 1. The molecule has 2 saturated carbocycles. The molecule has 1 aromatic rings. The summed E-state index contributed by atoms with van der Waals surface area (Å²) in [4.78, 5) is 26.2. The number of nitrogens with zero attached hydrogens (tertiary/aromatic N) is 1. The minimum atomic E-state index is -0.782. The molecule has 5 atom stereocenters. The number of anilines is 1. The minimum absolute atomic E-state index is 0.157. The number of carbonyl (C=O) groups is 2. The number of halogens is 2. The normalized spacial score (nSPS) is 34.0. The molecule has 1 aromatic carbocycles. The Morgan fingerprint density at radius 1 is 1.16 bits per heavy atom. The summed E-state index contributed by atoms with van der Waals surface area (Å²) in [5.41, 5.74) is 5.83. The largest absolute Gasteiger partial charge is 0.344 e. The van der Waals surface area contributed by atoms with Crippen LogP contribution in [0.15, 0.2) is 18.2 Å². The minimum Gasteiger partial charge on any atom is -0.344 e. The second-order valence-electron chi connectivity index (χ2n) is 7.35. The van der Waals surface area contributed by atoms with E-state index in [0.29, 0.717) is 12.3 Å². The summed E-state index contributed by atoms with van der Waals surface area (Å²) in [7, 11) is 0. The van der Waals surface area contributed by atoms with Gasteiger partial charge in [0.15, 0.2) is 0 Å². The molecule has 1 aliphatic heterocycles. The smallest absolute Gasteiger partial charge is 0.249 e. The number of carbonyl (C=O) groups excluding carboxylic acids is 2. The van der Waals surface area contributed by atoms with Gasteiger partial charge in [-0.25, -0.2) is 8.78 Å². The van der Waals surface area contributed by atoms with Gasteiger partial charge in [0.2, 0.25) is 11.8 Å². The molecule has 1 heterocycles. The maximum Gasteiger partial charge on any atom is 0.249 e. The third-order valence-corrected chi connectivity index (χ3v) is 6.01. The van der Waals surface area contributed by atoms with Crippen LogP contribution in [0.3, 0.4) is 0 Å². The predicted octanol–water partition coefficient (Wildman–Crippen LogP) is 1.56. The molecule has 2 aliphatic carbocycles. The summed E-state index contributed by atoms with van der Waals surface area (Å²) in [5.74, 6) is -1.82. The first-order valence-corrected chi connectivity index (χ1v) is 8.78. The highest BCUT2D eigenvalue weighted by Gasteiger charge is 2.50. The van der Waals surface area contributed by atoms with Gasteiger partial charge < -0.3 is 16.0 Å². The molecule has 1 saturated heterocycles. The molecule has 7 heteroatoms. The summed E-state index contributed by atoms with van der Waals surface area (Å²) < 4.78 is 27.9. The van der Waals surface area contributed by atoms with Gasteiger partial charge in [-0.3, -0.25) is 9.59 Å². The van der Waals surface area contributed by atoms with E-state index in [-0.39, 0.29) is 36.0 Å². The van der Waals surface area contributed by atoms with Gasteiger partial charge in [0.1, 0.15) is 23.4 Å². The SMILES string of the molecule is NC1C2CCC(C2)C1C(=O)NC1CCN(c2c(F)cccc2F)C1=O. The third kappa shape index (κ3) is 2.61. The van der Waals surface area contributed by atoms with Crippen molar-refractivity contribution in [2.24, 2.45) is 23.5 Å². The van der Waals surface area contributed by atoms with E-state index < -0.39 is 23.6 Å². The number of benzene rings is 1. The van der Waals surface area contributed by atoms with Crippen molar-refractivity contribution in [2.45, 2.75) is 37.8 Å². The van der Waals surface area contributed by atoms with Crippen LogP contribution in [0.5, 0.6) is 0 Å². The Balaban J connectivity index is 1.47. The Hall–Kier alpha value is -2.02. The molecule has 4 rings (SSSR count). The van der Waals surface area contributed by atoms with Crippen LogP contribution in [0.2, 0.25) is 0 Å². The number of para-hydroxylation sites is 1. The van der Waals surface area contributed by atoms with E-state index in [1.807, 2.05) is 0 Å². The van der Waals surface area contributed by atoms with Gasteiger partial charge in [-0.2, -0.15) is 0 Å². The lowest BCUT2D eigenvalue weighted by Gasteiger charge is -2.28. The molecule has 3 aliphatic rings. The lowest BCUT2D eigenvalue weighted by molar-refractivity contribution is -0.130. The van der Waals surface area contributed by atoms with Gasteiger partial charge in [-0.15, -0.1) is 0 Å². The van der Waals surface area contributed by atoms with Crippen LogP contribution in [-0.4, -0.2) is 30.4 Å². The summed E-state index contributed by atoms with van der Waals surface area (Å²) in [5, 5.41) is 2.77. The van der Waals surface area contributed by atoms with E-state index in [1.54, 1.807) is 0 Å². The number of fused-ring (bicyclic) bond motifs is 2. The first-order valence-electron chi connectivity index (χ1n) is 8.78. The highest BCUT2D eigenvalue weighted by molar-refractivity contribution is 6.01. The molecule has 134 valence electrons. The quantitative estimate of drug-likeness (QED) is 0.870. The number of amides is 2. The van der Waals surface area contributed by atoms with Crippen molar-refractivity contribution in [3.8, 4) is 0 Å². The lowest BCUT2D eigenvalue weighted by atomic mass is 9.84. The molecule has 2 amide bonds. The van der Waals surface area contributed by atoms with E-state index in [2.05, 4.69) is 5.32 Å². The average Bonchev–Trinajstić information content (AvgIpc) is 3.25. The maximum absolute atomic E-state index is 13.9. The van der Waals surface area contributed by atoms with Gasteiger partial charge in [0, 0.05) is 12.6 Å². The van der Waals surface area contributed by atoms with Gasteiger partial charge in [-0.1, -0.05) is 6.07 Å². The van der Waals surface area contributed by atoms with Gasteiger partial charge >= 0.3 is 0 Å². The summed E-state index contributed by atoms with van der Waals surface area (Å²) in [6, 6.07) is 2.58. The molecule has 0 spiro atoms. The topological polar surface area (TPSA) is 75.4 Å². The third-order valence-electron chi connectivity index (χ3n) is 6.01. The fourth-order valence-corrected chi connectivity index (χ4v) is 4.78. The molecule has 2 bridgehead atoms. The number of hydrogen-bond acceptors (Lipinski definition) is 3. The standard InChI is InChI=1S/C18H21F2N3O2/c19-11-2-1-3-12(20)16(11)23-7-6-13(18(23)25)22-17(24)14-9-4-5-10(8-9)15(14)21/h1-3,9-10,13-15H,4-8,21H2,(H,22,24). The van der Waals surface area contributed by atoms with Gasteiger partial charge in [0.25, 0.3) is 0 Å². The molecule has 3 fully saturated rings. The Morgan fingerprint density at radius 2 is 1.84 bits per heavy atom. The van der Waals surface area contributed by atoms with Crippen molar-refractivity contribution in [1.29, 1.82) is 0 Å². The molecule has 5 nitrogen and oxygen atoms in total. The van der Waals surface area contributed by atoms with E-state index in [4.69, 9.17) is 5.73 Å². The Bertz CT molecular complexity index is 704. The van der Waals surface area contributed by atoms with Crippen LogP contribution in [0.1, 0.15) is 25.7 Å². The maximum atomic E-state index is 13.9. The lowest BCUT2D eigenvalue weighted by Crippen LogP contribution is -2.50. The van der Waals surface area contributed by atoms with Crippen LogP contribution < -0.4 is 16.0 Å². The van der Waals surface area contributed by atoms with E-state index in [9.17, 15) is 18.4 Å². The van der Waals surface area contributed by atoms with Gasteiger partial charge in [0.05, 0.1) is 5.92 Å². The number of nitrogens with two attached hydrogens (primary N) is 1. The van der Waals surface area contributed by atoms with Crippen molar-refractivity contribution in [1.82, 2.24) is 5.32 Å². The van der Waals surface area contributed by atoms with Crippen molar-refractivity contribution >= 4 is 17.5 Å². The van der Waals surface area contributed by atoms with E-state index in [1.165, 1.54) is 6.07 Å². The average molecular weight is 349 g/mol. The van der Waals surface area contributed by atoms with Crippen LogP contribution >= 0.6 is 0 Å². The summed E-state index contributed by atoms with van der Waals surface area (Å²) in [6.45, 7) is 0.171. The Kier molecular flexibility index (Phi) is 3.98. The molecular formula is C18H21F2N3O2. The predicted molar refractivity (Wildman–Crippen MR) is 87.6 cm³/mol. The number of rotatable bonds is 3. The Labute approximate surface area is 144 Å². The van der Waals surface area contributed by atoms with Crippen molar-refractivity contribution in [3.05, 3.63) is 29.8 Å². The highest BCUT2D eigenvalue weighted by Crippen LogP contribution is 2.47. The zero-order valence-electron chi connectivity index (χ0n) is 13.8. The zero-order valence-corrected chi connectivity index (χ0v) is 13.8. The fourth-order valence-electron chi connectivity index (χ4n) is 4.78. The Morgan fingerprint density at radius 3 is 2.48 bits per heavy atom. The second kappa shape index (κ2) is 6.05. The second-order valence-corrected chi connectivity index (χ2v) is 7.35. The highest BCUT2D eigenvalue weighted by atomic mass is 19.1. The fraction of sp³-hybridized carbons (Fsp3) is 0.556. The summed E-state index contributed by atoms with van der Waals surface area (Å²) in [6.07, 6.45) is 3.37. The van der Waals surface area contributed by atoms with Crippen molar-refractivity contribution in [3.63, 3.8) is 0 Å². The van der Waals surface area contributed by atoms with Crippen LogP contribution in [0.4, 0.5) is 14.5 Å². The first-order chi connectivity index (χ1) is 12.0. The van der Waals surface area contributed by atoms with E-state index in [0.717, 1.165) is 36.3 Å². The van der Waals surface area contributed by atoms with Crippen LogP contribution in [0, 0.1) is 29.4 Å². The molecular weight excluding hydrogens is 328 g/mol. The summed E-state index contributed by atoms with van der Waals surface area (Å²) >= 11 is 0. The van der Waals surface area contributed by atoms with Crippen LogP contribution in [0.25, 0.3) is 0 Å². The van der Waals surface area contributed by atoms with E-state index >= 15 is 0 Å². The van der Waals surface area contributed by atoms with Crippen molar-refractivity contribution < 1.29 is 18.4 Å². The van der Waals surface area contributed by atoms with Crippen LogP contribution in [-0.2, 0) is 9.59 Å². The molecule has 0 radical (unpaired) electrons. The van der Waals surface area contributed by atoms with Gasteiger partial charge in [-0.05, 0) is 49.7 Å². The first kappa shape index (κ1) is 16.4. The molecule has 0 aromatic heterocycles. The molecule has 25 heavy (non-hydrogen) atoms. The zero-order chi connectivity index (χ0) is 17.7. The molecule has 3 N–H and O–H groups in total. The van der Waals surface area contributed by atoms with Crippen molar-refractivity contribution in [2.75, 3.05) is 11.4 Å². The molecule has 5 unspecified atom stereocenters.